The summed E-state index contributed by atoms with van der Waals surface area (Å²) in [7, 11) is 0. The molecule has 0 aliphatic heterocycles. The summed E-state index contributed by atoms with van der Waals surface area (Å²) in [5.41, 5.74) is 6.39. The summed E-state index contributed by atoms with van der Waals surface area (Å²) < 4.78 is 0. The molecule has 0 heteroatoms. The van der Waals surface area contributed by atoms with Crippen LogP contribution in [-0.4, -0.2) is 0 Å². The normalized spacial score (nSPS) is 10.5. The number of hydrogen-bond acceptors (Lipinski definition) is 0. The molecule has 2 aromatic carbocycles. The third-order valence-electron chi connectivity index (χ3n) is 3.52. The summed E-state index contributed by atoms with van der Waals surface area (Å²) in [5, 5.41) is 0. The Labute approximate surface area is 141 Å². The smallest absolute Gasteiger partial charge is 0.0184 e. The first-order valence-corrected chi connectivity index (χ1v) is 8.18. The average molecular weight is 304 g/mol. The standard InChI is InChI=1S/C15H18.C8H10/c1-4-7-13-9-11-15(12-10-13)14(6-3)8-5-2;1-7-4-3-5-8(2)6-7/h5-6,8-12H,2-4,7H2,1H3;3-6H,1-2H3/b14-8+;. The van der Waals surface area contributed by atoms with Crippen molar-refractivity contribution in [3.05, 3.63) is 102 Å². The van der Waals surface area contributed by atoms with Gasteiger partial charge in [0.05, 0.1) is 0 Å². The minimum absolute atomic E-state index is 1.12. The first kappa shape index (κ1) is 18.7. The topological polar surface area (TPSA) is 0 Å². The highest BCUT2D eigenvalue weighted by Crippen LogP contribution is 2.16. The Morgan fingerprint density at radius 1 is 0.957 bits per heavy atom. The van der Waals surface area contributed by atoms with Crippen molar-refractivity contribution in [2.24, 2.45) is 0 Å². The SMILES string of the molecule is C=C/C=C(\C=C)c1ccc(CCC)cc1.Cc1cccc(C)c1. The molecule has 120 valence electrons. The van der Waals surface area contributed by atoms with Gasteiger partial charge >= 0.3 is 0 Å². The Balaban J connectivity index is 0.000000277. The van der Waals surface area contributed by atoms with E-state index in [1.165, 1.54) is 28.7 Å². The number of hydrogen-bond donors (Lipinski definition) is 0. The molecule has 0 bridgehead atoms. The van der Waals surface area contributed by atoms with Gasteiger partial charge in [0.15, 0.2) is 0 Å². The van der Waals surface area contributed by atoms with E-state index in [1.54, 1.807) is 6.08 Å². The van der Waals surface area contributed by atoms with E-state index in [0.29, 0.717) is 0 Å². The molecule has 0 saturated carbocycles. The number of aryl methyl sites for hydroxylation is 3. The second kappa shape index (κ2) is 10.4. The van der Waals surface area contributed by atoms with Crippen molar-refractivity contribution in [3.63, 3.8) is 0 Å². The van der Waals surface area contributed by atoms with Crippen LogP contribution in [0.1, 0.15) is 35.6 Å². The molecule has 0 radical (unpaired) electrons. The van der Waals surface area contributed by atoms with Crippen molar-refractivity contribution in [2.45, 2.75) is 33.6 Å². The third kappa shape index (κ3) is 6.97. The predicted octanol–water partition coefficient (Wildman–Crippen LogP) is 6.70. The van der Waals surface area contributed by atoms with Crippen molar-refractivity contribution < 1.29 is 0 Å². The fourth-order valence-electron chi connectivity index (χ4n) is 2.37. The van der Waals surface area contributed by atoms with Crippen LogP contribution in [0.3, 0.4) is 0 Å². The summed E-state index contributed by atoms with van der Waals surface area (Å²) in [5.74, 6) is 0. The summed E-state index contributed by atoms with van der Waals surface area (Å²) in [6.07, 6.45) is 7.96. The molecule has 0 N–H and O–H groups in total. The van der Waals surface area contributed by atoms with Gasteiger partial charge in [0, 0.05) is 0 Å². The number of allylic oxidation sites excluding steroid dienone is 4. The van der Waals surface area contributed by atoms with E-state index in [9.17, 15) is 0 Å². The first-order valence-electron chi connectivity index (χ1n) is 8.18. The minimum atomic E-state index is 1.12. The second-order valence-corrected chi connectivity index (χ2v) is 5.67. The van der Waals surface area contributed by atoms with E-state index in [4.69, 9.17) is 0 Å². The third-order valence-corrected chi connectivity index (χ3v) is 3.52. The predicted molar refractivity (Wildman–Crippen MR) is 105 cm³/mol. The van der Waals surface area contributed by atoms with Gasteiger partial charge in [-0.05, 0) is 37.0 Å². The van der Waals surface area contributed by atoms with Crippen molar-refractivity contribution in [1.29, 1.82) is 0 Å². The van der Waals surface area contributed by atoms with E-state index < -0.39 is 0 Å². The second-order valence-electron chi connectivity index (χ2n) is 5.67. The van der Waals surface area contributed by atoms with E-state index in [0.717, 1.165) is 12.0 Å². The molecule has 0 amide bonds. The van der Waals surface area contributed by atoms with Gasteiger partial charge in [0.1, 0.15) is 0 Å². The lowest BCUT2D eigenvalue weighted by Crippen LogP contribution is -1.85. The van der Waals surface area contributed by atoms with E-state index >= 15 is 0 Å². The molecular formula is C23H28. The summed E-state index contributed by atoms with van der Waals surface area (Å²) in [4.78, 5) is 0. The maximum atomic E-state index is 3.80. The van der Waals surface area contributed by atoms with Gasteiger partial charge in [-0.1, -0.05) is 104 Å². The van der Waals surface area contributed by atoms with Crippen LogP contribution < -0.4 is 0 Å². The average Bonchev–Trinajstić information content (AvgIpc) is 2.54. The largest absolute Gasteiger partial charge is 0.0990 e. The van der Waals surface area contributed by atoms with Crippen molar-refractivity contribution >= 4 is 5.57 Å². The van der Waals surface area contributed by atoms with Gasteiger partial charge in [-0.3, -0.25) is 0 Å². The van der Waals surface area contributed by atoms with Crippen LogP contribution in [0.5, 0.6) is 0 Å². The van der Waals surface area contributed by atoms with Gasteiger partial charge in [0.25, 0.3) is 0 Å². The highest BCUT2D eigenvalue weighted by molar-refractivity contribution is 5.74. The van der Waals surface area contributed by atoms with Gasteiger partial charge < -0.3 is 0 Å². The summed E-state index contributed by atoms with van der Waals surface area (Å²) in [6, 6.07) is 17.1. The lowest BCUT2D eigenvalue weighted by molar-refractivity contribution is 0.922. The van der Waals surface area contributed by atoms with Crippen molar-refractivity contribution in [2.75, 3.05) is 0 Å². The van der Waals surface area contributed by atoms with Gasteiger partial charge in [-0.2, -0.15) is 0 Å². The highest BCUT2D eigenvalue weighted by Gasteiger charge is 1.96. The molecule has 0 saturated heterocycles. The molecule has 0 aliphatic rings. The summed E-state index contributed by atoms with van der Waals surface area (Å²) >= 11 is 0. The van der Waals surface area contributed by atoms with Crippen LogP contribution >= 0.6 is 0 Å². The molecule has 0 aromatic heterocycles. The zero-order valence-electron chi connectivity index (χ0n) is 14.7. The number of benzene rings is 2. The molecule has 0 aliphatic carbocycles. The molecular weight excluding hydrogens is 276 g/mol. The van der Waals surface area contributed by atoms with Crippen molar-refractivity contribution in [1.82, 2.24) is 0 Å². The number of rotatable bonds is 5. The Hall–Kier alpha value is -2.34. The molecule has 0 spiro atoms. The molecule has 2 aromatic rings. The molecule has 0 fully saturated rings. The van der Waals surface area contributed by atoms with Crippen LogP contribution in [-0.2, 0) is 6.42 Å². The molecule has 0 atom stereocenters. The molecule has 23 heavy (non-hydrogen) atoms. The Morgan fingerprint density at radius 2 is 1.57 bits per heavy atom. The van der Waals surface area contributed by atoms with E-state index in [2.05, 4.69) is 82.5 Å². The van der Waals surface area contributed by atoms with Crippen LogP contribution in [0, 0.1) is 13.8 Å². The molecule has 0 nitrogen and oxygen atoms in total. The van der Waals surface area contributed by atoms with Crippen LogP contribution in [0.25, 0.3) is 5.57 Å². The maximum absolute atomic E-state index is 3.80. The fourth-order valence-corrected chi connectivity index (χ4v) is 2.37. The Bertz CT molecular complexity index is 625. The van der Waals surface area contributed by atoms with Crippen LogP contribution in [0.15, 0.2) is 79.9 Å². The zero-order valence-corrected chi connectivity index (χ0v) is 14.7. The molecule has 0 heterocycles. The van der Waals surface area contributed by atoms with Gasteiger partial charge in [0.2, 0.25) is 0 Å². The van der Waals surface area contributed by atoms with Gasteiger partial charge in [-0.15, -0.1) is 0 Å². The zero-order chi connectivity index (χ0) is 17.1. The van der Waals surface area contributed by atoms with Crippen LogP contribution in [0.4, 0.5) is 0 Å². The van der Waals surface area contributed by atoms with E-state index in [1.807, 2.05) is 12.2 Å². The van der Waals surface area contributed by atoms with Crippen molar-refractivity contribution in [3.8, 4) is 0 Å². The maximum Gasteiger partial charge on any atom is -0.0184 e. The fraction of sp³-hybridized carbons (Fsp3) is 0.217. The van der Waals surface area contributed by atoms with Crippen LogP contribution in [0.2, 0.25) is 0 Å². The summed E-state index contributed by atoms with van der Waals surface area (Å²) in [6.45, 7) is 13.9. The monoisotopic (exact) mass is 304 g/mol. The molecule has 2 rings (SSSR count). The van der Waals surface area contributed by atoms with E-state index in [-0.39, 0.29) is 0 Å². The minimum Gasteiger partial charge on any atom is -0.0990 e. The first-order chi connectivity index (χ1) is 11.1. The Kier molecular flexibility index (Phi) is 8.46. The lowest BCUT2D eigenvalue weighted by Gasteiger charge is -2.03. The molecule has 0 unspecified atom stereocenters. The Morgan fingerprint density at radius 3 is 1.96 bits per heavy atom. The van der Waals surface area contributed by atoms with Gasteiger partial charge in [-0.25, -0.2) is 0 Å². The highest BCUT2D eigenvalue weighted by atomic mass is 14.0. The lowest BCUT2D eigenvalue weighted by atomic mass is 10.0. The quantitative estimate of drug-likeness (QED) is 0.539.